The number of aryl methyl sites for hydroxylation is 1. The Morgan fingerprint density at radius 1 is 1.40 bits per heavy atom. The second-order valence-corrected chi connectivity index (χ2v) is 5.48. The van der Waals surface area contributed by atoms with Gasteiger partial charge in [-0.2, -0.15) is 0 Å². The fourth-order valence-electron chi connectivity index (χ4n) is 2.73. The average Bonchev–Trinajstić information content (AvgIpc) is 2.46. The van der Waals surface area contributed by atoms with Crippen LogP contribution in [0.3, 0.4) is 0 Å². The molecular weight excluding hydrogens is 254 g/mol. The average molecular weight is 277 g/mol. The molecule has 5 nitrogen and oxygen atoms in total. The number of carboxylic acids is 1. The number of carboxylic acid groups (broad SMARTS) is 1. The summed E-state index contributed by atoms with van der Waals surface area (Å²) in [6.45, 7) is 4.08. The Morgan fingerprint density at radius 3 is 2.80 bits per heavy atom. The zero-order chi connectivity index (χ0) is 14.4. The van der Waals surface area contributed by atoms with Crippen molar-refractivity contribution in [3.05, 3.63) is 18.1 Å². The Bertz CT molecular complexity index is 442. The second-order valence-electron chi connectivity index (χ2n) is 5.48. The van der Waals surface area contributed by atoms with E-state index in [2.05, 4.69) is 27.9 Å². The van der Waals surface area contributed by atoms with Gasteiger partial charge in [-0.1, -0.05) is 13.3 Å². The third kappa shape index (κ3) is 4.18. The smallest absolute Gasteiger partial charge is 0.303 e. The van der Waals surface area contributed by atoms with Gasteiger partial charge in [0, 0.05) is 31.3 Å². The molecule has 2 heterocycles. The van der Waals surface area contributed by atoms with E-state index >= 15 is 0 Å². The van der Waals surface area contributed by atoms with Gasteiger partial charge in [0.2, 0.25) is 0 Å². The van der Waals surface area contributed by atoms with Crippen molar-refractivity contribution in [1.29, 1.82) is 0 Å². The summed E-state index contributed by atoms with van der Waals surface area (Å²) < 4.78 is 0. The van der Waals surface area contributed by atoms with Crippen LogP contribution in [0, 0.1) is 5.92 Å². The summed E-state index contributed by atoms with van der Waals surface area (Å²) in [6, 6.07) is 2.08. The topological polar surface area (TPSA) is 66.3 Å². The standard InChI is InChI=1S/C15H23N3O2/c1-2-3-13-10-14(17-11-16-13)18-8-6-12(7-9-18)4-5-15(19)20/h10-12H,2-9H2,1H3,(H,19,20). The van der Waals surface area contributed by atoms with Gasteiger partial charge in [0.15, 0.2) is 0 Å². The van der Waals surface area contributed by atoms with Gasteiger partial charge in [-0.05, 0) is 31.6 Å². The lowest BCUT2D eigenvalue weighted by atomic mass is 9.92. The molecule has 1 aliphatic rings. The molecule has 1 aromatic heterocycles. The highest BCUT2D eigenvalue weighted by atomic mass is 16.4. The van der Waals surface area contributed by atoms with Crippen molar-refractivity contribution >= 4 is 11.8 Å². The zero-order valence-electron chi connectivity index (χ0n) is 12.1. The molecule has 0 radical (unpaired) electrons. The van der Waals surface area contributed by atoms with Gasteiger partial charge in [-0.25, -0.2) is 9.97 Å². The number of anilines is 1. The van der Waals surface area contributed by atoms with Crippen molar-refractivity contribution in [1.82, 2.24) is 9.97 Å². The van der Waals surface area contributed by atoms with Crippen molar-refractivity contribution in [2.45, 2.75) is 45.4 Å². The van der Waals surface area contributed by atoms with Crippen molar-refractivity contribution in [2.75, 3.05) is 18.0 Å². The lowest BCUT2D eigenvalue weighted by Crippen LogP contribution is -2.34. The molecular formula is C15H23N3O2. The maximum absolute atomic E-state index is 10.6. The Hall–Kier alpha value is -1.65. The minimum Gasteiger partial charge on any atom is -0.481 e. The number of aromatic nitrogens is 2. The van der Waals surface area contributed by atoms with Crippen LogP contribution in [-0.2, 0) is 11.2 Å². The number of aliphatic carboxylic acids is 1. The molecule has 1 N–H and O–H groups in total. The van der Waals surface area contributed by atoms with E-state index < -0.39 is 5.97 Å². The summed E-state index contributed by atoms with van der Waals surface area (Å²) in [4.78, 5) is 21.5. The molecule has 20 heavy (non-hydrogen) atoms. The molecule has 1 aliphatic heterocycles. The molecule has 1 aromatic rings. The summed E-state index contributed by atoms with van der Waals surface area (Å²) in [6.07, 6.45) is 6.93. The van der Waals surface area contributed by atoms with Crippen LogP contribution in [-0.4, -0.2) is 34.1 Å². The number of piperidine rings is 1. The van der Waals surface area contributed by atoms with Crippen LogP contribution >= 0.6 is 0 Å². The van der Waals surface area contributed by atoms with Crippen LogP contribution in [0.1, 0.15) is 44.7 Å². The Labute approximate surface area is 120 Å². The molecule has 0 bridgehead atoms. The van der Waals surface area contributed by atoms with Crippen LogP contribution in [0.2, 0.25) is 0 Å². The quantitative estimate of drug-likeness (QED) is 0.865. The van der Waals surface area contributed by atoms with E-state index in [0.717, 1.165) is 56.7 Å². The lowest BCUT2D eigenvalue weighted by Gasteiger charge is -2.32. The number of hydrogen-bond acceptors (Lipinski definition) is 4. The van der Waals surface area contributed by atoms with E-state index in [1.807, 2.05) is 0 Å². The predicted molar refractivity (Wildman–Crippen MR) is 77.8 cm³/mol. The largest absolute Gasteiger partial charge is 0.481 e. The van der Waals surface area contributed by atoms with E-state index in [1.54, 1.807) is 6.33 Å². The highest BCUT2D eigenvalue weighted by Crippen LogP contribution is 2.25. The molecule has 0 aliphatic carbocycles. The first-order valence-electron chi connectivity index (χ1n) is 7.46. The number of nitrogens with zero attached hydrogens (tertiary/aromatic N) is 3. The highest BCUT2D eigenvalue weighted by Gasteiger charge is 2.20. The molecule has 0 saturated carbocycles. The van der Waals surface area contributed by atoms with Crippen LogP contribution in [0.4, 0.5) is 5.82 Å². The SMILES string of the molecule is CCCc1cc(N2CCC(CCC(=O)O)CC2)ncn1. The van der Waals surface area contributed by atoms with E-state index in [9.17, 15) is 4.79 Å². The second kappa shape index (κ2) is 7.22. The summed E-state index contributed by atoms with van der Waals surface area (Å²) in [5.41, 5.74) is 1.10. The Balaban J connectivity index is 1.86. The van der Waals surface area contributed by atoms with Crippen LogP contribution in [0.25, 0.3) is 0 Å². The van der Waals surface area contributed by atoms with Gasteiger partial charge in [-0.15, -0.1) is 0 Å². The number of carbonyl (C=O) groups is 1. The Morgan fingerprint density at radius 2 is 2.15 bits per heavy atom. The van der Waals surface area contributed by atoms with Gasteiger partial charge >= 0.3 is 5.97 Å². The fraction of sp³-hybridized carbons (Fsp3) is 0.667. The monoisotopic (exact) mass is 277 g/mol. The van der Waals surface area contributed by atoms with Crippen molar-refractivity contribution < 1.29 is 9.90 Å². The molecule has 0 unspecified atom stereocenters. The van der Waals surface area contributed by atoms with Crippen LogP contribution in [0.15, 0.2) is 12.4 Å². The van der Waals surface area contributed by atoms with Crippen LogP contribution < -0.4 is 4.90 Å². The van der Waals surface area contributed by atoms with Gasteiger partial charge in [0.25, 0.3) is 0 Å². The van der Waals surface area contributed by atoms with Crippen molar-refractivity contribution in [3.8, 4) is 0 Å². The van der Waals surface area contributed by atoms with Crippen molar-refractivity contribution in [2.24, 2.45) is 5.92 Å². The minimum absolute atomic E-state index is 0.290. The van der Waals surface area contributed by atoms with Gasteiger partial charge in [0.1, 0.15) is 12.1 Å². The summed E-state index contributed by atoms with van der Waals surface area (Å²) in [5.74, 6) is 0.867. The zero-order valence-corrected chi connectivity index (χ0v) is 12.1. The Kier molecular flexibility index (Phi) is 5.32. The van der Waals surface area contributed by atoms with Crippen molar-refractivity contribution in [3.63, 3.8) is 0 Å². The molecule has 1 fully saturated rings. The molecule has 5 heteroatoms. The van der Waals surface area contributed by atoms with E-state index in [4.69, 9.17) is 5.11 Å². The molecule has 0 atom stereocenters. The fourth-order valence-corrected chi connectivity index (χ4v) is 2.73. The van der Waals surface area contributed by atoms with E-state index in [0.29, 0.717) is 12.3 Å². The van der Waals surface area contributed by atoms with Gasteiger partial charge in [-0.3, -0.25) is 4.79 Å². The highest BCUT2D eigenvalue weighted by molar-refractivity contribution is 5.66. The molecule has 0 aromatic carbocycles. The third-order valence-electron chi connectivity index (χ3n) is 3.92. The van der Waals surface area contributed by atoms with Gasteiger partial charge < -0.3 is 10.0 Å². The summed E-state index contributed by atoms with van der Waals surface area (Å²) in [7, 11) is 0. The predicted octanol–water partition coefficient (Wildman–Crippen LogP) is 2.51. The minimum atomic E-state index is -0.688. The molecule has 2 rings (SSSR count). The molecule has 0 amide bonds. The van der Waals surface area contributed by atoms with Gasteiger partial charge in [0.05, 0.1) is 0 Å². The number of hydrogen-bond donors (Lipinski definition) is 1. The first kappa shape index (κ1) is 14.8. The number of rotatable bonds is 6. The van der Waals surface area contributed by atoms with Crippen LogP contribution in [0.5, 0.6) is 0 Å². The lowest BCUT2D eigenvalue weighted by molar-refractivity contribution is -0.137. The summed E-state index contributed by atoms with van der Waals surface area (Å²) >= 11 is 0. The maximum Gasteiger partial charge on any atom is 0.303 e. The van der Waals surface area contributed by atoms with E-state index in [1.165, 1.54) is 0 Å². The summed E-state index contributed by atoms with van der Waals surface area (Å²) in [5, 5.41) is 8.73. The maximum atomic E-state index is 10.6. The third-order valence-corrected chi connectivity index (χ3v) is 3.92. The molecule has 0 spiro atoms. The molecule has 1 saturated heterocycles. The first-order valence-corrected chi connectivity index (χ1v) is 7.46. The normalized spacial score (nSPS) is 16.4. The molecule has 110 valence electrons. The first-order chi connectivity index (χ1) is 9.69. The van der Waals surface area contributed by atoms with E-state index in [-0.39, 0.29) is 0 Å².